The van der Waals surface area contributed by atoms with Gasteiger partial charge in [0.15, 0.2) is 5.78 Å². The maximum Gasteiger partial charge on any atom is 0.162 e. The Bertz CT molecular complexity index is 1370. The molecule has 0 aromatic heterocycles. The average Bonchev–Trinajstić information content (AvgIpc) is 4.11. The molecular weight excluding hydrogens is 840 g/mol. The second-order valence-electron chi connectivity index (χ2n) is 20.2. The largest absolute Gasteiger partial charge is 0.377 e. The molecule has 0 bridgehead atoms. The molecule has 4 saturated heterocycles. The van der Waals surface area contributed by atoms with E-state index in [0.717, 1.165) is 45.3 Å². The van der Waals surface area contributed by atoms with Crippen LogP contribution in [-0.2, 0) is 33.2 Å². The van der Waals surface area contributed by atoms with Gasteiger partial charge in [-0.05, 0) is 92.1 Å². The van der Waals surface area contributed by atoms with Crippen LogP contribution in [0.2, 0.25) is 0 Å². The molecule has 4 aliphatic heterocycles. The van der Waals surface area contributed by atoms with Crippen LogP contribution in [0.4, 0.5) is 0 Å². The molecule has 0 aromatic rings. The number of carbonyl (C=O) groups excluding carboxylic acids is 1. The maximum absolute atomic E-state index is 12.2. The van der Waals surface area contributed by atoms with Gasteiger partial charge in [-0.2, -0.15) is 0 Å². The number of allylic oxidation sites excluding steroid dienone is 3. The van der Waals surface area contributed by atoms with Crippen molar-refractivity contribution in [3.63, 3.8) is 0 Å². The van der Waals surface area contributed by atoms with E-state index in [1.54, 1.807) is 7.11 Å². The summed E-state index contributed by atoms with van der Waals surface area (Å²) >= 11 is 0. The molecule has 6 aliphatic rings. The van der Waals surface area contributed by atoms with Crippen molar-refractivity contribution in [3.05, 3.63) is 34.9 Å². The third-order valence-electron chi connectivity index (χ3n) is 14.7. The van der Waals surface area contributed by atoms with Gasteiger partial charge in [-0.25, -0.2) is 0 Å². The Morgan fingerprint density at radius 3 is 1.35 bits per heavy atom. The van der Waals surface area contributed by atoms with Crippen LogP contribution in [-0.4, -0.2) is 80.0 Å². The molecule has 2 spiro atoms. The summed E-state index contributed by atoms with van der Waals surface area (Å²) in [7, 11) is 3.49. The predicted octanol–water partition coefficient (Wildman–Crippen LogP) is 14.8. The van der Waals surface area contributed by atoms with Crippen molar-refractivity contribution < 1.29 is 33.2 Å². The van der Waals surface area contributed by atoms with Crippen LogP contribution in [0.1, 0.15) is 217 Å². The van der Waals surface area contributed by atoms with E-state index in [9.17, 15) is 4.79 Å². The standard InChI is InChI=1S/C26H44O3.C16H24O4.C11H24.CH4.BrH/c1-6-7-8-9-10-11-12-13-14-21-17-18-26(19-28-26)24(23(21)27-5)25(4)22(29-25)16-15-20(2)3;1-10(2)5-6-12-15(3,20-12)14-13(18-4)11(17)7-8-16(14)9-19-16;1-3-5-7-9-11-10-8-6-4-2;;/h14-15,22-24H,6-13,16-19H2,1-5H3;5,12-14H,6-9H2,1-4H3;3-11H2,1-2H3;1H4;1H/t22-,23-,24-,25+,26+;12-,13-,14-,15+,16+;;;/m11.../s1. The highest BCUT2D eigenvalue weighted by Crippen LogP contribution is 2.61. The SMILES string of the molecule is Br.C.CCCCCCCCCC=C1CC[C@]2(CO2)[C@@H]([C@@]2(C)O[C@@H]2CC=C(C)C)[C@@H]1OC.CCCCCCCCCCC.CO[C@@H]1C(=O)CC[C@]2(CO2)[C@H]1[C@@]1(C)O[C@@H]1CC=C(C)C. The fourth-order valence-corrected chi connectivity index (χ4v) is 10.6. The number of carbonyl (C=O) groups is 1. The minimum atomic E-state index is -0.382. The van der Waals surface area contributed by atoms with Crippen molar-refractivity contribution in [1.29, 1.82) is 0 Å². The molecule has 8 heteroatoms. The second-order valence-corrected chi connectivity index (χ2v) is 20.2. The van der Waals surface area contributed by atoms with E-state index in [1.807, 2.05) is 7.11 Å². The molecule has 0 radical (unpaired) electrons. The van der Waals surface area contributed by atoms with E-state index in [-0.39, 0.29) is 76.8 Å². The van der Waals surface area contributed by atoms with E-state index >= 15 is 0 Å². The minimum absolute atomic E-state index is 0. The molecule has 362 valence electrons. The lowest BCUT2D eigenvalue weighted by atomic mass is 9.67. The van der Waals surface area contributed by atoms with E-state index in [0.29, 0.717) is 18.4 Å². The fraction of sp³-hybridized carbons (Fsp3) is 0.870. The van der Waals surface area contributed by atoms with Crippen molar-refractivity contribution in [2.45, 2.75) is 264 Å². The van der Waals surface area contributed by atoms with Crippen molar-refractivity contribution in [2.24, 2.45) is 11.8 Å². The number of epoxide rings is 4. The summed E-state index contributed by atoms with van der Waals surface area (Å²) in [6, 6.07) is 0. The van der Waals surface area contributed by atoms with Crippen LogP contribution < -0.4 is 0 Å². The van der Waals surface area contributed by atoms with Crippen LogP contribution >= 0.6 is 17.0 Å². The molecule has 2 aliphatic carbocycles. The van der Waals surface area contributed by atoms with Crippen molar-refractivity contribution in [3.8, 4) is 0 Å². The number of hydrogen-bond donors (Lipinski definition) is 0. The molecular formula is C54H97BrO7. The highest BCUT2D eigenvalue weighted by atomic mass is 79.9. The zero-order chi connectivity index (χ0) is 43.8. The molecule has 0 aromatic carbocycles. The second kappa shape index (κ2) is 27.7. The summed E-state index contributed by atoms with van der Waals surface area (Å²) in [5.41, 5.74) is 3.55. The van der Waals surface area contributed by atoms with E-state index in [2.05, 4.69) is 80.5 Å². The minimum Gasteiger partial charge on any atom is -0.377 e. The summed E-state index contributed by atoms with van der Waals surface area (Å²) in [6.07, 6.45) is 36.4. The Hall–Kier alpha value is -0.870. The van der Waals surface area contributed by atoms with Gasteiger partial charge in [-0.3, -0.25) is 4.79 Å². The number of unbranched alkanes of at least 4 members (excludes halogenated alkanes) is 15. The molecule has 6 fully saturated rings. The van der Waals surface area contributed by atoms with Crippen LogP contribution in [0.25, 0.3) is 0 Å². The van der Waals surface area contributed by atoms with Crippen LogP contribution in [0.15, 0.2) is 34.9 Å². The van der Waals surface area contributed by atoms with Gasteiger partial charge in [0, 0.05) is 20.6 Å². The predicted molar refractivity (Wildman–Crippen MR) is 265 cm³/mol. The lowest BCUT2D eigenvalue weighted by Gasteiger charge is -2.40. The molecule has 0 amide bonds. The molecule has 0 unspecified atom stereocenters. The number of rotatable bonds is 24. The number of Topliss-reactive ketones (excluding diaryl/α,β-unsaturated/α-hetero) is 1. The number of ketones is 1. The van der Waals surface area contributed by atoms with Gasteiger partial charge in [0.2, 0.25) is 0 Å². The van der Waals surface area contributed by atoms with Gasteiger partial charge in [0.05, 0.1) is 43.4 Å². The fourth-order valence-electron chi connectivity index (χ4n) is 10.6. The van der Waals surface area contributed by atoms with Crippen molar-refractivity contribution >= 4 is 22.8 Å². The van der Waals surface area contributed by atoms with Crippen LogP contribution in [0.5, 0.6) is 0 Å². The average molecular weight is 938 g/mol. The first kappa shape index (κ1) is 57.3. The molecule has 0 N–H and O–H groups in total. The summed E-state index contributed by atoms with van der Waals surface area (Å²) in [6.45, 7) is 21.3. The number of ether oxygens (including phenoxy) is 6. The molecule has 7 nitrogen and oxygen atoms in total. The highest BCUT2D eigenvalue weighted by molar-refractivity contribution is 8.93. The Kier molecular flexibility index (Phi) is 25.6. The number of methoxy groups -OCH3 is 2. The number of hydrogen-bond acceptors (Lipinski definition) is 7. The Morgan fingerprint density at radius 2 is 0.984 bits per heavy atom. The van der Waals surface area contributed by atoms with Gasteiger partial charge in [-0.1, -0.05) is 154 Å². The van der Waals surface area contributed by atoms with Gasteiger partial charge in [0.25, 0.3) is 0 Å². The smallest absolute Gasteiger partial charge is 0.162 e. The summed E-state index contributed by atoms with van der Waals surface area (Å²) in [5, 5.41) is 0. The molecule has 4 heterocycles. The first-order chi connectivity index (χ1) is 28.8. The lowest BCUT2D eigenvalue weighted by Crippen LogP contribution is -2.52. The third kappa shape index (κ3) is 16.2. The Morgan fingerprint density at radius 1 is 0.613 bits per heavy atom. The number of halogens is 1. The first-order valence-corrected chi connectivity index (χ1v) is 25.0. The Labute approximate surface area is 392 Å². The third-order valence-corrected chi connectivity index (χ3v) is 14.7. The van der Waals surface area contributed by atoms with Gasteiger partial charge < -0.3 is 28.4 Å². The zero-order valence-electron chi connectivity index (χ0n) is 41.1. The maximum atomic E-state index is 12.2. The molecule has 2 saturated carbocycles. The first-order valence-electron chi connectivity index (χ1n) is 25.0. The summed E-state index contributed by atoms with van der Waals surface area (Å²) in [5.74, 6) is 0.526. The molecule has 10 atom stereocenters. The van der Waals surface area contributed by atoms with E-state index < -0.39 is 0 Å². The van der Waals surface area contributed by atoms with Gasteiger partial charge >= 0.3 is 0 Å². The normalized spacial score (nSPS) is 34.2. The molecule has 6 rings (SSSR count). The summed E-state index contributed by atoms with van der Waals surface area (Å²) < 4.78 is 35.7. The molecule has 62 heavy (non-hydrogen) atoms. The van der Waals surface area contributed by atoms with E-state index in [4.69, 9.17) is 28.4 Å². The quantitative estimate of drug-likeness (QED) is 0.0541. The summed E-state index contributed by atoms with van der Waals surface area (Å²) in [4.78, 5) is 12.2. The van der Waals surface area contributed by atoms with Crippen molar-refractivity contribution in [1.82, 2.24) is 0 Å². The lowest BCUT2D eigenvalue weighted by molar-refractivity contribution is -0.142. The van der Waals surface area contributed by atoms with Gasteiger partial charge in [-0.15, -0.1) is 17.0 Å². The Balaban J connectivity index is 0.000000348. The topological polar surface area (TPSA) is 85.6 Å². The van der Waals surface area contributed by atoms with E-state index in [1.165, 1.54) is 126 Å². The highest BCUT2D eigenvalue weighted by Gasteiger charge is 2.72. The van der Waals surface area contributed by atoms with Crippen LogP contribution in [0.3, 0.4) is 0 Å². The monoisotopic (exact) mass is 937 g/mol. The van der Waals surface area contributed by atoms with Crippen molar-refractivity contribution in [2.75, 3.05) is 27.4 Å². The zero-order valence-corrected chi connectivity index (χ0v) is 42.9. The van der Waals surface area contributed by atoms with Crippen LogP contribution in [0, 0.1) is 11.8 Å². The van der Waals surface area contributed by atoms with Gasteiger partial charge in [0.1, 0.15) is 28.5 Å².